The third-order valence-electron chi connectivity index (χ3n) is 4.86. The summed E-state index contributed by atoms with van der Waals surface area (Å²) in [5.41, 5.74) is 0.862. The van der Waals surface area contributed by atoms with Gasteiger partial charge in [-0.1, -0.05) is 11.6 Å². The molecule has 0 atom stereocenters. The van der Waals surface area contributed by atoms with Gasteiger partial charge < -0.3 is 0 Å². The van der Waals surface area contributed by atoms with Gasteiger partial charge in [0, 0.05) is 10.9 Å². The zero-order valence-corrected chi connectivity index (χ0v) is 16.3. The maximum absolute atomic E-state index is 12.9. The van der Waals surface area contributed by atoms with Gasteiger partial charge in [0.1, 0.15) is 10.3 Å². The summed E-state index contributed by atoms with van der Waals surface area (Å²) in [6.45, 7) is 1.71. The number of rotatable bonds is 2. The first-order chi connectivity index (χ1) is 12.2. The zero-order chi connectivity index (χ0) is 19.1. The molecule has 1 fully saturated rings. The molecule has 0 radical (unpaired) electrons. The monoisotopic (exact) mass is 448 g/mol. The molecule has 0 amide bonds. The van der Waals surface area contributed by atoms with Crippen molar-refractivity contribution >= 4 is 27.5 Å². The third-order valence-corrected chi connectivity index (χ3v) is 6.02. The third kappa shape index (κ3) is 3.83. The molecular weight excluding hydrogens is 433 g/mol. The highest BCUT2D eigenvalue weighted by Gasteiger charge is 2.42. The van der Waals surface area contributed by atoms with E-state index in [1.807, 2.05) is 0 Å². The number of benzene rings is 1. The van der Waals surface area contributed by atoms with E-state index in [-0.39, 0.29) is 24.3 Å². The van der Waals surface area contributed by atoms with E-state index in [2.05, 4.69) is 20.9 Å². The topological polar surface area (TPSA) is 34.9 Å². The van der Waals surface area contributed by atoms with Gasteiger partial charge in [-0.05, 0) is 72.8 Å². The Kier molecular flexibility index (Phi) is 5.49. The minimum atomic E-state index is -4.16. The minimum Gasteiger partial charge on any atom is -0.268 e. The van der Waals surface area contributed by atoms with E-state index in [4.69, 9.17) is 11.6 Å². The number of nitrogens with zero attached hydrogens (tertiary/aromatic N) is 2. The van der Waals surface area contributed by atoms with Crippen LogP contribution in [0.1, 0.15) is 43.1 Å². The number of hydrogen-bond acceptors (Lipinski definition) is 2. The maximum Gasteiger partial charge on any atom is 0.391 e. The maximum atomic E-state index is 12.9. The molecule has 0 spiro atoms. The summed E-state index contributed by atoms with van der Waals surface area (Å²) in [7, 11) is 0. The molecule has 1 heterocycles. The Balaban J connectivity index is 2.02. The van der Waals surface area contributed by atoms with E-state index in [0.29, 0.717) is 39.5 Å². The van der Waals surface area contributed by atoms with Crippen molar-refractivity contribution in [1.82, 2.24) is 9.55 Å². The lowest BCUT2D eigenvalue weighted by molar-refractivity contribution is -0.182. The van der Waals surface area contributed by atoms with Gasteiger partial charge in [0.25, 0.3) is 5.56 Å². The predicted molar refractivity (Wildman–Crippen MR) is 98.0 cm³/mol. The minimum absolute atomic E-state index is 0.0553. The van der Waals surface area contributed by atoms with Crippen molar-refractivity contribution in [3.05, 3.63) is 55.6 Å². The van der Waals surface area contributed by atoms with Crippen LogP contribution in [-0.2, 0) is 0 Å². The fraction of sp³-hybridized carbons (Fsp3) is 0.444. The molecule has 1 aliphatic rings. The van der Waals surface area contributed by atoms with Crippen LogP contribution in [0.15, 0.2) is 33.5 Å². The van der Waals surface area contributed by atoms with Crippen molar-refractivity contribution in [2.45, 2.75) is 44.7 Å². The molecule has 2 aromatic rings. The van der Waals surface area contributed by atoms with E-state index in [0.717, 1.165) is 0 Å². The lowest BCUT2D eigenvalue weighted by atomic mass is 9.81. The Labute approximate surface area is 162 Å². The number of aryl methyl sites for hydroxylation is 1. The molecule has 1 saturated carbocycles. The summed E-state index contributed by atoms with van der Waals surface area (Å²) in [6.07, 6.45) is -3.35. The van der Waals surface area contributed by atoms with Crippen LogP contribution < -0.4 is 5.56 Å². The van der Waals surface area contributed by atoms with Crippen LogP contribution >= 0.6 is 27.5 Å². The van der Waals surface area contributed by atoms with Crippen molar-refractivity contribution in [3.8, 4) is 5.69 Å². The molecule has 0 aliphatic heterocycles. The molecule has 1 aromatic heterocycles. The molecule has 0 saturated heterocycles. The van der Waals surface area contributed by atoms with Gasteiger partial charge in [0.05, 0.1) is 17.3 Å². The highest BCUT2D eigenvalue weighted by atomic mass is 79.9. The normalized spacial score (nSPS) is 21.0. The summed E-state index contributed by atoms with van der Waals surface area (Å²) >= 11 is 9.19. The van der Waals surface area contributed by atoms with Crippen molar-refractivity contribution in [2.75, 3.05) is 0 Å². The van der Waals surface area contributed by atoms with Crippen LogP contribution in [0.3, 0.4) is 0 Å². The molecule has 0 unspecified atom stereocenters. The molecule has 3 rings (SSSR count). The van der Waals surface area contributed by atoms with E-state index >= 15 is 0 Å². The number of aromatic nitrogens is 2. The fourth-order valence-electron chi connectivity index (χ4n) is 3.42. The van der Waals surface area contributed by atoms with Crippen LogP contribution in [0.2, 0.25) is 5.02 Å². The molecule has 8 heteroatoms. The number of hydrogen-bond donors (Lipinski definition) is 0. The first-order valence-corrected chi connectivity index (χ1v) is 9.47. The summed E-state index contributed by atoms with van der Waals surface area (Å²) in [5, 5.41) is 0.535. The molecule has 140 valence electrons. The van der Waals surface area contributed by atoms with E-state index < -0.39 is 12.1 Å². The zero-order valence-electron chi connectivity index (χ0n) is 14.0. The van der Waals surface area contributed by atoms with Crippen LogP contribution in [0.5, 0.6) is 0 Å². The van der Waals surface area contributed by atoms with Crippen LogP contribution in [0, 0.1) is 12.8 Å². The molecule has 1 aromatic carbocycles. The Morgan fingerprint density at radius 2 is 1.73 bits per heavy atom. The van der Waals surface area contributed by atoms with Crippen LogP contribution in [0.25, 0.3) is 5.69 Å². The predicted octanol–water partition coefficient (Wildman–Crippen LogP) is 5.79. The van der Waals surface area contributed by atoms with Gasteiger partial charge in [0.15, 0.2) is 0 Å². The van der Waals surface area contributed by atoms with Gasteiger partial charge >= 0.3 is 6.18 Å². The Morgan fingerprint density at radius 3 is 2.27 bits per heavy atom. The summed E-state index contributed by atoms with van der Waals surface area (Å²) in [4.78, 5) is 17.4. The van der Waals surface area contributed by atoms with E-state index in [9.17, 15) is 18.0 Å². The summed E-state index contributed by atoms with van der Waals surface area (Å²) in [6, 6.07) is 6.75. The van der Waals surface area contributed by atoms with E-state index in [1.165, 1.54) is 4.57 Å². The number of alkyl halides is 3. The second-order valence-electron chi connectivity index (χ2n) is 6.58. The largest absolute Gasteiger partial charge is 0.391 e. The smallest absolute Gasteiger partial charge is 0.268 e. The molecule has 1 aliphatic carbocycles. The number of halogens is 5. The van der Waals surface area contributed by atoms with Gasteiger partial charge in [0.2, 0.25) is 0 Å². The van der Waals surface area contributed by atoms with Gasteiger partial charge in [-0.2, -0.15) is 13.2 Å². The highest BCUT2D eigenvalue weighted by molar-refractivity contribution is 9.10. The SMILES string of the molecule is Cc1nc(C2CCC(C(F)(F)F)CC2)n(-c2ccc(Cl)cc2)c(=O)c1Br. The Morgan fingerprint density at radius 1 is 1.15 bits per heavy atom. The van der Waals surface area contributed by atoms with E-state index in [1.54, 1.807) is 31.2 Å². The van der Waals surface area contributed by atoms with Gasteiger partial charge in [-0.25, -0.2) is 4.98 Å². The van der Waals surface area contributed by atoms with Crippen LogP contribution in [0.4, 0.5) is 13.2 Å². The lowest BCUT2D eigenvalue weighted by Gasteiger charge is -2.30. The molecule has 3 nitrogen and oxygen atoms in total. The average Bonchev–Trinajstić information content (AvgIpc) is 2.60. The summed E-state index contributed by atoms with van der Waals surface area (Å²) < 4.78 is 40.7. The Hall–Kier alpha value is -1.34. The molecule has 0 bridgehead atoms. The standard InChI is InChI=1S/C18H17BrClF3N2O/c1-10-15(19)17(26)25(14-8-6-13(20)7-9-14)16(24-10)11-2-4-12(5-3-11)18(21,22)23/h6-9,11-12H,2-5H2,1H3. The quantitative estimate of drug-likeness (QED) is 0.581. The highest BCUT2D eigenvalue weighted by Crippen LogP contribution is 2.42. The summed E-state index contributed by atoms with van der Waals surface area (Å²) in [5.74, 6) is -0.951. The first kappa shape index (κ1) is 19.4. The van der Waals surface area contributed by atoms with Crippen molar-refractivity contribution in [1.29, 1.82) is 0 Å². The van der Waals surface area contributed by atoms with Crippen molar-refractivity contribution < 1.29 is 13.2 Å². The van der Waals surface area contributed by atoms with Crippen LogP contribution in [-0.4, -0.2) is 15.7 Å². The lowest BCUT2D eigenvalue weighted by Crippen LogP contribution is -2.31. The molecule has 0 N–H and O–H groups in total. The second kappa shape index (κ2) is 7.35. The molecular formula is C18H17BrClF3N2O. The van der Waals surface area contributed by atoms with Gasteiger partial charge in [-0.3, -0.25) is 9.36 Å². The van der Waals surface area contributed by atoms with Crippen molar-refractivity contribution in [2.24, 2.45) is 5.92 Å². The van der Waals surface area contributed by atoms with Gasteiger partial charge in [-0.15, -0.1) is 0 Å². The fourth-order valence-corrected chi connectivity index (χ4v) is 3.81. The Bertz CT molecular complexity index is 856. The first-order valence-electron chi connectivity index (χ1n) is 8.30. The average molecular weight is 450 g/mol. The molecule has 26 heavy (non-hydrogen) atoms. The van der Waals surface area contributed by atoms with Crippen molar-refractivity contribution in [3.63, 3.8) is 0 Å². The second-order valence-corrected chi connectivity index (χ2v) is 7.81.